The summed E-state index contributed by atoms with van der Waals surface area (Å²) >= 11 is 11.9. The largest absolute Gasteiger partial charge is 0.295 e. The van der Waals surface area contributed by atoms with E-state index in [0.29, 0.717) is 0 Å². The zero-order valence-corrected chi connectivity index (χ0v) is 14.4. The molecular weight excluding hydrogens is 325 g/mol. The second kappa shape index (κ2) is 7.83. The summed E-state index contributed by atoms with van der Waals surface area (Å²) in [5.41, 5.74) is 3.83. The summed E-state index contributed by atoms with van der Waals surface area (Å²) in [6.45, 7) is 3.03. The Hall–Kier alpha value is -1.54. The van der Waals surface area contributed by atoms with Gasteiger partial charge in [-0.25, -0.2) is 0 Å². The molecule has 1 aliphatic rings. The number of hydrogen-bond acceptors (Lipinski definition) is 1. The molecule has 3 rings (SSSR count). The van der Waals surface area contributed by atoms with Gasteiger partial charge in [-0.1, -0.05) is 65.7 Å². The molecule has 3 heteroatoms. The van der Waals surface area contributed by atoms with Crippen LogP contribution in [0.2, 0.25) is 10.0 Å². The lowest BCUT2D eigenvalue weighted by molar-refractivity contribution is 0.287. The third-order valence-electron chi connectivity index (χ3n) is 3.99. The molecule has 0 amide bonds. The van der Waals surface area contributed by atoms with E-state index in [2.05, 4.69) is 41.3 Å². The van der Waals surface area contributed by atoms with Crippen molar-refractivity contribution in [3.8, 4) is 0 Å². The predicted octanol–water partition coefficient (Wildman–Crippen LogP) is 5.84. The first kappa shape index (κ1) is 16.3. The maximum absolute atomic E-state index is 6.01. The van der Waals surface area contributed by atoms with Crippen LogP contribution in [0.3, 0.4) is 0 Å². The highest BCUT2D eigenvalue weighted by Crippen LogP contribution is 2.18. The van der Waals surface area contributed by atoms with Gasteiger partial charge in [0.15, 0.2) is 0 Å². The Kier molecular flexibility index (Phi) is 5.56. The summed E-state index contributed by atoms with van der Waals surface area (Å²) in [5.74, 6) is 0. The van der Waals surface area contributed by atoms with Gasteiger partial charge in [0.1, 0.15) is 0 Å². The number of rotatable bonds is 4. The van der Waals surface area contributed by atoms with Gasteiger partial charge < -0.3 is 0 Å². The topological polar surface area (TPSA) is 3.24 Å². The molecule has 0 aromatic heterocycles. The molecule has 0 fully saturated rings. The maximum Gasteiger partial charge on any atom is 0.0411 e. The van der Waals surface area contributed by atoms with Gasteiger partial charge in [-0.3, -0.25) is 4.90 Å². The molecular formula is C20H19Cl2N. The number of benzene rings is 2. The van der Waals surface area contributed by atoms with Crippen LogP contribution >= 0.6 is 23.2 Å². The van der Waals surface area contributed by atoms with Gasteiger partial charge in [0, 0.05) is 29.7 Å². The first-order valence-electron chi connectivity index (χ1n) is 7.78. The average molecular weight is 344 g/mol. The number of halogens is 2. The summed E-state index contributed by atoms with van der Waals surface area (Å²) in [6, 6.07) is 16.0. The Balaban J connectivity index is 1.56. The molecule has 2 aromatic carbocycles. The minimum absolute atomic E-state index is 0.777. The first-order chi connectivity index (χ1) is 11.2. The van der Waals surface area contributed by atoms with E-state index in [4.69, 9.17) is 23.2 Å². The number of allylic oxidation sites excluding steroid dienone is 1. The lowest BCUT2D eigenvalue weighted by Gasteiger charge is -2.25. The summed E-state index contributed by atoms with van der Waals surface area (Å²) in [6.07, 6.45) is 7.71. The SMILES string of the molecule is Clc1ccc(CN2CC=C(/C=C/c3cccc(Cl)c3)CC2)cc1. The minimum atomic E-state index is 0.777. The Morgan fingerprint density at radius 3 is 2.48 bits per heavy atom. The molecule has 0 radical (unpaired) electrons. The maximum atomic E-state index is 6.01. The molecule has 2 aromatic rings. The smallest absolute Gasteiger partial charge is 0.0411 e. The predicted molar refractivity (Wildman–Crippen MR) is 99.9 cm³/mol. The second-order valence-electron chi connectivity index (χ2n) is 5.78. The first-order valence-corrected chi connectivity index (χ1v) is 8.54. The van der Waals surface area contributed by atoms with Crippen molar-refractivity contribution in [2.45, 2.75) is 13.0 Å². The van der Waals surface area contributed by atoms with E-state index in [1.165, 1.54) is 11.1 Å². The molecule has 0 N–H and O–H groups in total. The van der Waals surface area contributed by atoms with Gasteiger partial charge >= 0.3 is 0 Å². The minimum Gasteiger partial charge on any atom is -0.295 e. The lowest BCUT2D eigenvalue weighted by atomic mass is 10.1. The van der Waals surface area contributed by atoms with Crippen molar-refractivity contribution in [3.63, 3.8) is 0 Å². The zero-order valence-electron chi connectivity index (χ0n) is 12.9. The molecule has 0 unspecified atom stereocenters. The van der Waals surface area contributed by atoms with Gasteiger partial charge in [0.05, 0.1) is 0 Å². The van der Waals surface area contributed by atoms with Crippen LogP contribution in [-0.2, 0) is 6.54 Å². The zero-order chi connectivity index (χ0) is 16.1. The van der Waals surface area contributed by atoms with Crippen molar-refractivity contribution >= 4 is 29.3 Å². The van der Waals surface area contributed by atoms with E-state index in [-0.39, 0.29) is 0 Å². The van der Waals surface area contributed by atoms with E-state index in [9.17, 15) is 0 Å². The fourth-order valence-corrected chi connectivity index (χ4v) is 3.01. The summed E-state index contributed by atoms with van der Waals surface area (Å²) in [5, 5.41) is 1.57. The third-order valence-corrected chi connectivity index (χ3v) is 4.47. The second-order valence-corrected chi connectivity index (χ2v) is 6.65. The van der Waals surface area contributed by atoms with Gasteiger partial charge in [-0.2, -0.15) is 0 Å². The van der Waals surface area contributed by atoms with E-state index < -0.39 is 0 Å². The fraction of sp³-hybridized carbons (Fsp3) is 0.200. The molecule has 1 nitrogen and oxygen atoms in total. The molecule has 0 spiro atoms. The highest BCUT2D eigenvalue weighted by atomic mass is 35.5. The van der Waals surface area contributed by atoms with Crippen molar-refractivity contribution < 1.29 is 0 Å². The third kappa shape index (κ3) is 4.97. The molecule has 0 saturated carbocycles. The van der Waals surface area contributed by atoms with Gasteiger partial charge in [-0.15, -0.1) is 0 Å². The van der Waals surface area contributed by atoms with Gasteiger partial charge in [0.25, 0.3) is 0 Å². The molecule has 0 aliphatic carbocycles. The number of hydrogen-bond donors (Lipinski definition) is 0. The van der Waals surface area contributed by atoms with Gasteiger partial charge in [-0.05, 0) is 47.4 Å². The van der Waals surface area contributed by atoms with E-state index >= 15 is 0 Å². The van der Waals surface area contributed by atoms with Crippen LogP contribution in [0.1, 0.15) is 17.5 Å². The lowest BCUT2D eigenvalue weighted by Crippen LogP contribution is -2.27. The van der Waals surface area contributed by atoms with Crippen LogP contribution < -0.4 is 0 Å². The van der Waals surface area contributed by atoms with E-state index in [1.54, 1.807) is 0 Å². The summed E-state index contributed by atoms with van der Waals surface area (Å²) in [7, 11) is 0. The fourth-order valence-electron chi connectivity index (χ4n) is 2.68. The Morgan fingerprint density at radius 2 is 1.78 bits per heavy atom. The van der Waals surface area contributed by atoms with Crippen LogP contribution in [-0.4, -0.2) is 18.0 Å². The van der Waals surface area contributed by atoms with Crippen LogP contribution in [0.4, 0.5) is 0 Å². The standard InChI is InChI=1S/C20H19Cl2N/c21-19-8-6-18(7-9-19)15-23-12-10-16(11-13-23)4-5-17-2-1-3-20(22)14-17/h1-10,14H,11-13,15H2/b5-4+. The van der Waals surface area contributed by atoms with Crippen molar-refractivity contribution in [2.75, 3.05) is 13.1 Å². The highest BCUT2D eigenvalue weighted by molar-refractivity contribution is 6.30. The molecule has 0 saturated heterocycles. The van der Waals surface area contributed by atoms with Crippen molar-refractivity contribution in [2.24, 2.45) is 0 Å². The monoisotopic (exact) mass is 343 g/mol. The summed E-state index contributed by atoms with van der Waals surface area (Å²) in [4.78, 5) is 2.44. The van der Waals surface area contributed by atoms with Crippen LogP contribution in [0.5, 0.6) is 0 Å². The molecule has 0 atom stereocenters. The Morgan fingerprint density at radius 1 is 0.957 bits per heavy atom. The van der Waals surface area contributed by atoms with Crippen LogP contribution in [0, 0.1) is 0 Å². The van der Waals surface area contributed by atoms with E-state index in [1.807, 2.05) is 30.3 Å². The van der Waals surface area contributed by atoms with Crippen LogP contribution in [0.25, 0.3) is 6.08 Å². The highest BCUT2D eigenvalue weighted by Gasteiger charge is 2.10. The quantitative estimate of drug-likeness (QED) is 0.674. The molecule has 118 valence electrons. The number of nitrogens with zero attached hydrogens (tertiary/aromatic N) is 1. The Bertz CT molecular complexity index is 717. The van der Waals surface area contributed by atoms with E-state index in [0.717, 1.165) is 41.7 Å². The van der Waals surface area contributed by atoms with Crippen LogP contribution in [0.15, 0.2) is 66.3 Å². The molecule has 23 heavy (non-hydrogen) atoms. The Labute approximate surface area is 147 Å². The average Bonchev–Trinajstić information content (AvgIpc) is 2.56. The normalized spacial score (nSPS) is 15.8. The molecule has 1 aliphatic heterocycles. The van der Waals surface area contributed by atoms with Crippen molar-refractivity contribution in [1.82, 2.24) is 4.90 Å². The molecule has 0 bridgehead atoms. The van der Waals surface area contributed by atoms with Crippen molar-refractivity contribution in [3.05, 3.63) is 87.4 Å². The molecule has 1 heterocycles. The van der Waals surface area contributed by atoms with Gasteiger partial charge in [0.2, 0.25) is 0 Å². The summed E-state index contributed by atoms with van der Waals surface area (Å²) < 4.78 is 0. The van der Waals surface area contributed by atoms with Crippen molar-refractivity contribution in [1.29, 1.82) is 0 Å².